The van der Waals surface area contributed by atoms with Crippen LogP contribution in [0.3, 0.4) is 0 Å². The van der Waals surface area contributed by atoms with E-state index in [-0.39, 0.29) is 41.6 Å². The Morgan fingerprint density at radius 2 is 1.78 bits per heavy atom. The van der Waals surface area contributed by atoms with Gasteiger partial charge in [-0.1, -0.05) is 46.3 Å². The van der Waals surface area contributed by atoms with Crippen molar-refractivity contribution in [1.82, 2.24) is 15.5 Å². The fourth-order valence-corrected chi connectivity index (χ4v) is 5.89. The van der Waals surface area contributed by atoms with Gasteiger partial charge >= 0.3 is 0 Å². The summed E-state index contributed by atoms with van der Waals surface area (Å²) in [5.74, 6) is -1.92. The molecule has 2 aliphatic rings. The van der Waals surface area contributed by atoms with Crippen molar-refractivity contribution < 1.29 is 19.5 Å². The summed E-state index contributed by atoms with van der Waals surface area (Å²) in [6.07, 6.45) is 6.93. The molecule has 0 bridgehead atoms. The summed E-state index contributed by atoms with van der Waals surface area (Å²) in [6.45, 7) is 12.7. The van der Waals surface area contributed by atoms with Gasteiger partial charge in [0.2, 0.25) is 17.7 Å². The van der Waals surface area contributed by atoms with Gasteiger partial charge in [-0.15, -0.1) is 0 Å². The van der Waals surface area contributed by atoms with Crippen LogP contribution in [0.15, 0.2) is 12.2 Å². The summed E-state index contributed by atoms with van der Waals surface area (Å²) in [5.41, 5.74) is -0.410. The molecule has 182 valence electrons. The average molecular weight is 450 g/mol. The second-order valence-corrected chi connectivity index (χ2v) is 11.2. The quantitative estimate of drug-likeness (QED) is 0.471. The number of nitrogens with zero attached hydrogens (tertiary/aromatic N) is 1. The first-order valence-electron chi connectivity index (χ1n) is 12.0. The van der Waals surface area contributed by atoms with E-state index in [4.69, 9.17) is 0 Å². The topological polar surface area (TPSA) is 98.7 Å². The first-order valence-corrected chi connectivity index (χ1v) is 12.0. The van der Waals surface area contributed by atoms with Gasteiger partial charge in [0.1, 0.15) is 6.04 Å². The zero-order valence-electron chi connectivity index (χ0n) is 20.9. The predicted octanol–water partition coefficient (Wildman–Crippen LogP) is 2.49. The molecule has 0 spiro atoms. The summed E-state index contributed by atoms with van der Waals surface area (Å²) < 4.78 is 0. The Balaban J connectivity index is 2.41. The Bertz CT molecular complexity index is 725. The highest BCUT2D eigenvalue weighted by Crippen LogP contribution is 2.45. The van der Waals surface area contributed by atoms with Gasteiger partial charge in [0.05, 0.1) is 11.8 Å². The Morgan fingerprint density at radius 1 is 1.12 bits per heavy atom. The number of amides is 3. The zero-order chi connectivity index (χ0) is 24.3. The molecule has 0 unspecified atom stereocenters. The van der Waals surface area contributed by atoms with Crippen molar-refractivity contribution in [3.05, 3.63) is 12.2 Å². The molecule has 0 aromatic rings. The highest BCUT2D eigenvalue weighted by Gasteiger charge is 2.57. The van der Waals surface area contributed by atoms with Crippen LogP contribution in [0, 0.1) is 29.1 Å². The maximum atomic E-state index is 13.6. The van der Waals surface area contributed by atoms with Gasteiger partial charge in [-0.3, -0.25) is 14.4 Å². The molecule has 1 heterocycles. The molecule has 5 atom stereocenters. The molecular formula is C25H43N3O4. The molecule has 0 radical (unpaired) electrons. The van der Waals surface area contributed by atoms with Crippen LogP contribution in [0.4, 0.5) is 0 Å². The number of hydrogen-bond donors (Lipinski definition) is 3. The number of rotatable bonds is 9. The third-order valence-corrected chi connectivity index (χ3v) is 6.54. The summed E-state index contributed by atoms with van der Waals surface area (Å²) in [6, 6.07) is -0.677. The van der Waals surface area contributed by atoms with E-state index in [1.165, 1.54) is 0 Å². The van der Waals surface area contributed by atoms with Crippen molar-refractivity contribution in [2.24, 2.45) is 29.1 Å². The Labute approximate surface area is 193 Å². The number of fused-ring (bicyclic) bond motifs is 1. The number of likely N-dealkylation sites (tertiary alicyclic amines) is 1. The fraction of sp³-hybridized carbons (Fsp3) is 0.800. The lowest BCUT2D eigenvalue weighted by Crippen LogP contribution is -2.54. The molecule has 0 aromatic heterocycles. The molecule has 0 aromatic carbocycles. The standard InChI is InChI=1S/C25H43N3O4/c1-8-10-16-11-12-17-19(18(16)21(30)26-7)23(32)28(13-9-14-29)20(17)22(31)27-25(5,6)15-24(2,3)4/h11-12,16-20,29H,8-10,13-15H2,1-7H3,(H,26,30)(H,27,31)/t16-,17+,18-,19-,20+/m1/s1. The Hall–Kier alpha value is -1.89. The smallest absolute Gasteiger partial charge is 0.243 e. The fourth-order valence-electron chi connectivity index (χ4n) is 5.89. The summed E-state index contributed by atoms with van der Waals surface area (Å²) in [7, 11) is 1.60. The minimum atomic E-state index is -0.677. The van der Waals surface area contributed by atoms with Gasteiger partial charge in [-0.25, -0.2) is 0 Å². The van der Waals surface area contributed by atoms with E-state index in [9.17, 15) is 19.5 Å². The van der Waals surface area contributed by atoms with E-state index < -0.39 is 23.4 Å². The lowest BCUT2D eigenvalue weighted by molar-refractivity contribution is -0.141. The van der Waals surface area contributed by atoms with E-state index in [1.807, 2.05) is 26.0 Å². The summed E-state index contributed by atoms with van der Waals surface area (Å²) in [4.78, 5) is 41.6. The molecule has 0 saturated carbocycles. The van der Waals surface area contributed by atoms with Gasteiger partial charge in [-0.2, -0.15) is 0 Å². The lowest BCUT2D eigenvalue weighted by atomic mass is 9.68. The largest absolute Gasteiger partial charge is 0.396 e. The molecule has 3 amide bonds. The summed E-state index contributed by atoms with van der Waals surface area (Å²) >= 11 is 0. The zero-order valence-corrected chi connectivity index (χ0v) is 20.9. The number of carbonyl (C=O) groups excluding carboxylic acids is 3. The van der Waals surface area contributed by atoms with Crippen LogP contribution in [0.2, 0.25) is 0 Å². The molecule has 7 nitrogen and oxygen atoms in total. The molecule has 2 rings (SSSR count). The van der Waals surface area contributed by atoms with E-state index >= 15 is 0 Å². The van der Waals surface area contributed by atoms with Crippen LogP contribution in [-0.4, -0.2) is 59.5 Å². The van der Waals surface area contributed by atoms with Gasteiger partial charge in [0.15, 0.2) is 0 Å². The monoisotopic (exact) mass is 449 g/mol. The molecule has 1 aliphatic carbocycles. The lowest BCUT2D eigenvalue weighted by Gasteiger charge is -2.37. The SMILES string of the molecule is CCC[C@@H]1C=C[C@H]2[C@@H](C(=O)N(CCCO)[C@@H]2C(=O)NC(C)(C)CC(C)(C)C)[C@@H]1C(=O)NC. The molecular weight excluding hydrogens is 406 g/mol. The number of aliphatic hydroxyl groups excluding tert-OH is 1. The third-order valence-electron chi connectivity index (χ3n) is 6.54. The average Bonchev–Trinajstić information content (AvgIpc) is 2.95. The van der Waals surface area contributed by atoms with Crippen molar-refractivity contribution in [1.29, 1.82) is 0 Å². The predicted molar refractivity (Wildman–Crippen MR) is 126 cm³/mol. The maximum absolute atomic E-state index is 13.6. The number of hydrogen-bond acceptors (Lipinski definition) is 4. The Morgan fingerprint density at radius 3 is 2.31 bits per heavy atom. The second kappa shape index (κ2) is 10.4. The maximum Gasteiger partial charge on any atom is 0.243 e. The molecule has 1 aliphatic heterocycles. The van der Waals surface area contributed by atoms with Crippen LogP contribution >= 0.6 is 0 Å². The first-order chi connectivity index (χ1) is 14.9. The molecule has 7 heteroatoms. The normalized spacial score (nSPS) is 27.9. The molecule has 1 fully saturated rings. The van der Waals surface area contributed by atoms with Gasteiger partial charge < -0.3 is 20.6 Å². The Kier molecular flexibility index (Phi) is 8.54. The highest BCUT2D eigenvalue weighted by molar-refractivity contribution is 5.97. The second-order valence-electron chi connectivity index (χ2n) is 11.2. The van der Waals surface area contributed by atoms with Crippen molar-refractivity contribution in [3.8, 4) is 0 Å². The van der Waals surface area contributed by atoms with Gasteiger partial charge in [-0.05, 0) is 44.4 Å². The minimum absolute atomic E-state index is 0.0241. The number of aliphatic hydroxyl groups is 1. The van der Waals surface area contributed by atoms with Crippen LogP contribution < -0.4 is 10.6 Å². The van der Waals surface area contributed by atoms with Gasteiger partial charge in [0.25, 0.3) is 0 Å². The van der Waals surface area contributed by atoms with Crippen LogP contribution in [0.5, 0.6) is 0 Å². The van der Waals surface area contributed by atoms with E-state index in [1.54, 1.807) is 11.9 Å². The number of allylic oxidation sites excluding steroid dienone is 1. The summed E-state index contributed by atoms with van der Waals surface area (Å²) in [5, 5.41) is 15.3. The molecule has 1 saturated heterocycles. The minimum Gasteiger partial charge on any atom is -0.396 e. The van der Waals surface area contributed by atoms with Gasteiger partial charge in [0, 0.05) is 31.7 Å². The van der Waals surface area contributed by atoms with Crippen molar-refractivity contribution in [3.63, 3.8) is 0 Å². The number of nitrogens with one attached hydrogen (secondary N) is 2. The van der Waals surface area contributed by atoms with E-state index in [0.717, 1.165) is 19.3 Å². The van der Waals surface area contributed by atoms with Crippen LogP contribution in [-0.2, 0) is 14.4 Å². The van der Waals surface area contributed by atoms with E-state index in [0.29, 0.717) is 13.0 Å². The van der Waals surface area contributed by atoms with Crippen molar-refractivity contribution in [2.75, 3.05) is 20.2 Å². The molecule has 3 N–H and O–H groups in total. The van der Waals surface area contributed by atoms with Crippen molar-refractivity contribution in [2.45, 2.75) is 78.8 Å². The number of carbonyl (C=O) groups is 3. The highest BCUT2D eigenvalue weighted by atomic mass is 16.3. The third kappa shape index (κ3) is 5.91. The van der Waals surface area contributed by atoms with Crippen molar-refractivity contribution >= 4 is 17.7 Å². The molecule has 32 heavy (non-hydrogen) atoms. The van der Waals surface area contributed by atoms with Crippen LogP contribution in [0.25, 0.3) is 0 Å². The van der Waals surface area contributed by atoms with E-state index in [2.05, 4.69) is 38.3 Å². The first kappa shape index (κ1) is 26.4. The van der Waals surface area contributed by atoms with Crippen LogP contribution in [0.1, 0.15) is 67.2 Å².